The number of rotatable bonds is 6. The molecule has 0 unspecified atom stereocenters. The van der Waals surface area contributed by atoms with Gasteiger partial charge in [-0.2, -0.15) is 5.11 Å². The molecule has 166 valence electrons. The van der Waals surface area contributed by atoms with Crippen molar-refractivity contribution >= 4 is 35.2 Å². The van der Waals surface area contributed by atoms with E-state index in [2.05, 4.69) is 15.5 Å². The van der Waals surface area contributed by atoms with Crippen LogP contribution in [0.2, 0.25) is 10.0 Å². The second kappa shape index (κ2) is 10.2. The minimum atomic E-state index is -0.670. The largest absolute Gasteiger partial charge is 0.484 e. The average Bonchev–Trinajstić information content (AvgIpc) is 3.25. The zero-order valence-electron chi connectivity index (χ0n) is 16.6. The smallest absolute Gasteiger partial charge is 0.258 e. The van der Waals surface area contributed by atoms with Gasteiger partial charge >= 0.3 is 0 Å². The van der Waals surface area contributed by atoms with Crippen molar-refractivity contribution < 1.29 is 23.4 Å². The van der Waals surface area contributed by atoms with Crippen molar-refractivity contribution in [3.05, 3.63) is 81.4 Å². The van der Waals surface area contributed by atoms with Crippen molar-refractivity contribution in [2.24, 2.45) is 10.2 Å². The number of azo groups is 1. The molecular formula is C22H18Cl2FN3O4. The summed E-state index contributed by atoms with van der Waals surface area (Å²) in [6, 6.07) is 11.0. The summed E-state index contributed by atoms with van der Waals surface area (Å²) in [6.45, 7) is 0.184. The molecule has 2 aromatic rings. The molecule has 0 spiro atoms. The van der Waals surface area contributed by atoms with E-state index in [9.17, 15) is 9.18 Å². The Morgan fingerprint density at radius 1 is 1.16 bits per heavy atom. The number of hydrogen-bond acceptors (Lipinski definition) is 6. The van der Waals surface area contributed by atoms with Crippen LogP contribution in [0.3, 0.4) is 0 Å². The first-order valence-corrected chi connectivity index (χ1v) is 10.4. The van der Waals surface area contributed by atoms with E-state index >= 15 is 0 Å². The highest BCUT2D eigenvalue weighted by molar-refractivity contribution is 6.31. The molecule has 10 heteroatoms. The summed E-state index contributed by atoms with van der Waals surface area (Å²) in [5.41, 5.74) is 2.15. The Hall–Kier alpha value is -2.78. The Balaban J connectivity index is 1.23. The number of nitrogens with one attached hydrogen (secondary N) is 1. The fourth-order valence-corrected chi connectivity index (χ4v) is 3.23. The SMILES string of the molecule is O=C(COc1ccc(Cl)c(F)c1)N[C@H]1CO[C@H](C2=C/C(=C/c3ccc(Cl)cc3)N=N2)OC1. The second-order valence-corrected chi connectivity index (χ2v) is 7.86. The minimum absolute atomic E-state index is 0.0163. The van der Waals surface area contributed by atoms with E-state index < -0.39 is 12.1 Å². The normalized spacial score (nSPS) is 21.5. The van der Waals surface area contributed by atoms with Gasteiger partial charge in [0.25, 0.3) is 5.91 Å². The van der Waals surface area contributed by atoms with E-state index in [1.165, 1.54) is 12.1 Å². The number of benzene rings is 2. The molecule has 32 heavy (non-hydrogen) atoms. The van der Waals surface area contributed by atoms with Crippen LogP contribution in [0.15, 0.2) is 70.2 Å². The molecule has 0 aliphatic carbocycles. The van der Waals surface area contributed by atoms with Gasteiger partial charge in [-0.3, -0.25) is 4.79 Å². The van der Waals surface area contributed by atoms with Crippen LogP contribution in [-0.2, 0) is 14.3 Å². The monoisotopic (exact) mass is 477 g/mol. The van der Waals surface area contributed by atoms with E-state index in [4.69, 9.17) is 37.4 Å². The molecule has 0 aromatic heterocycles. The quantitative estimate of drug-likeness (QED) is 0.650. The predicted molar refractivity (Wildman–Crippen MR) is 117 cm³/mol. The van der Waals surface area contributed by atoms with Crippen LogP contribution < -0.4 is 10.1 Å². The lowest BCUT2D eigenvalue weighted by Gasteiger charge is -2.29. The van der Waals surface area contributed by atoms with Gasteiger partial charge in [0.05, 0.1) is 30.0 Å². The van der Waals surface area contributed by atoms with Crippen LogP contribution in [0.5, 0.6) is 5.75 Å². The Bertz CT molecular complexity index is 1080. The van der Waals surface area contributed by atoms with Gasteiger partial charge in [-0.25, -0.2) is 4.39 Å². The Morgan fingerprint density at radius 2 is 1.91 bits per heavy atom. The molecule has 0 saturated carbocycles. The zero-order valence-corrected chi connectivity index (χ0v) is 18.1. The molecule has 0 atom stereocenters. The minimum Gasteiger partial charge on any atom is -0.484 e. The number of nitrogens with zero attached hydrogens (tertiary/aromatic N) is 2. The van der Waals surface area contributed by atoms with Gasteiger partial charge < -0.3 is 19.5 Å². The summed E-state index contributed by atoms with van der Waals surface area (Å²) in [4.78, 5) is 12.1. The lowest BCUT2D eigenvalue weighted by atomic mass is 10.2. The number of amides is 1. The van der Waals surface area contributed by atoms with Crippen LogP contribution in [0.25, 0.3) is 6.08 Å². The predicted octanol–water partition coefficient (Wildman–Crippen LogP) is 4.76. The summed E-state index contributed by atoms with van der Waals surface area (Å²) < 4.78 is 30.0. The van der Waals surface area contributed by atoms with Crippen LogP contribution >= 0.6 is 23.2 Å². The molecule has 1 amide bonds. The molecule has 4 rings (SSSR count). The standard InChI is InChI=1S/C22H18Cl2FN3O4/c23-14-3-1-13(2-4-14)7-15-8-20(28-27-15)22-31-10-16(11-32-22)26-21(29)12-30-17-5-6-18(24)19(25)9-17/h1-9,16,22H,10-12H2,(H,26,29)/b15-7-/t16-,22-. The lowest BCUT2D eigenvalue weighted by molar-refractivity contribution is -0.171. The molecule has 2 aromatic carbocycles. The van der Waals surface area contributed by atoms with Crippen LogP contribution in [-0.4, -0.2) is 38.1 Å². The van der Waals surface area contributed by atoms with Gasteiger partial charge in [-0.05, 0) is 42.0 Å². The molecule has 7 nitrogen and oxygen atoms in total. The third-order valence-corrected chi connectivity index (χ3v) is 5.08. The molecule has 2 heterocycles. The van der Waals surface area contributed by atoms with E-state index in [0.717, 1.165) is 11.6 Å². The van der Waals surface area contributed by atoms with Gasteiger partial charge in [-0.1, -0.05) is 35.3 Å². The number of halogens is 3. The Labute approximate surface area is 193 Å². The molecule has 2 aliphatic rings. The van der Waals surface area contributed by atoms with E-state index in [-0.39, 0.29) is 42.5 Å². The summed E-state index contributed by atoms with van der Waals surface area (Å²) >= 11 is 11.5. The molecule has 0 bridgehead atoms. The average molecular weight is 478 g/mol. The fourth-order valence-electron chi connectivity index (χ4n) is 2.98. The first-order valence-electron chi connectivity index (χ1n) is 9.67. The van der Waals surface area contributed by atoms with Crippen molar-refractivity contribution in [1.29, 1.82) is 0 Å². The molecule has 0 radical (unpaired) electrons. The van der Waals surface area contributed by atoms with Gasteiger partial charge in [0.2, 0.25) is 6.29 Å². The van der Waals surface area contributed by atoms with Crippen molar-refractivity contribution in [3.8, 4) is 5.75 Å². The molecular weight excluding hydrogens is 460 g/mol. The third-order valence-electron chi connectivity index (χ3n) is 4.53. The first kappa shape index (κ1) is 22.4. The van der Waals surface area contributed by atoms with E-state index in [0.29, 0.717) is 16.4 Å². The highest BCUT2D eigenvalue weighted by atomic mass is 35.5. The number of carbonyl (C=O) groups excluding carboxylic acids is 1. The van der Waals surface area contributed by atoms with Crippen LogP contribution in [0.1, 0.15) is 5.56 Å². The summed E-state index contributed by atoms with van der Waals surface area (Å²) in [7, 11) is 0. The van der Waals surface area contributed by atoms with Crippen molar-refractivity contribution in [1.82, 2.24) is 5.32 Å². The van der Waals surface area contributed by atoms with Gasteiger partial charge in [0, 0.05) is 11.1 Å². The van der Waals surface area contributed by atoms with E-state index in [1.54, 1.807) is 18.2 Å². The lowest BCUT2D eigenvalue weighted by Crippen LogP contribution is -2.48. The number of carbonyl (C=O) groups is 1. The van der Waals surface area contributed by atoms with Crippen molar-refractivity contribution in [2.75, 3.05) is 19.8 Å². The van der Waals surface area contributed by atoms with Gasteiger partial charge in [0.1, 0.15) is 17.3 Å². The maximum atomic E-state index is 13.4. The highest BCUT2D eigenvalue weighted by Crippen LogP contribution is 2.25. The Kier molecular flexibility index (Phi) is 7.16. The van der Waals surface area contributed by atoms with Crippen molar-refractivity contribution in [3.63, 3.8) is 0 Å². The number of ether oxygens (including phenoxy) is 3. The maximum Gasteiger partial charge on any atom is 0.258 e. The molecule has 1 fully saturated rings. The van der Waals surface area contributed by atoms with Crippen molar-refractivity contribution in [2.45, 2.75) is 12.3 Å². The molecule has 2 aliphatic heterocycles. The topological polar surface area (TPSA) is 81.5 Å². The summed E-state index contributed by atoms with van der Waals surface area (Å²) in [5.74, 6) is -0.794. The Morgan fingerprint density at radius 3 is 2.62 bits per heavy atom. The van der Waals surface area contributed by atoms with Gasteiger partial charge in [-0.15, -0.1) is 5.11 Å². The van der Waals surface area contributed by atoms with E-state index in [1.807, 2.05) is 18.2 Å². The van der Waals surface area contributed by atoms with Gasteiger partial charge in [0.15, 0.2) is 6.61 Å². The first-order chi connectivity index (χ1) is 15.5. The highest BCUT2D eigenvalue weighted by Gasteiger charge is 2.28. The maximum absolute atomic E-state index is 13.4. The summed E-state index contributed by atoms with van der Waals surface area (Å²) in [6.07, 6.45) is 2.97. The fraction of sp³-hybridized carbons (Fsp3) is 0.227. The third kappa shape index (κ3) is 5.92. The second-order valence-electron chi connectivity index (χ2n) is 7.02. The molecule has 1 N–H and O–H groups in total. The van der Waals surface area contributed by atoms with Crippen LogP contribution in [0.4, 0.5) is 4.39 Å². The molecule has 1 saturated heterocycles. The number of hydrogen-bond donors (Lipinski definition) is 1. The number of allylic oxidation sites excluding steroid dienone is 1. The summed E-state index contributed by atoms with van der Waals surface area (Å²) in [5, 5.41) is 11.6. The van der Waals surface area contributed by atoms with Crippen LogP contribution in [0, 0.1) is 5.82 Å². The zero-order chi connectivity index (χ0) is 22.5.